The van der Waals surface area contributed by atoms with Crippen molar-refractivity contribution in [2.75, 3.05) is 6.79 Å². The maximum Gasteiger partial charge on any atom is 0.240 e. The summed E-state index contributed by atoms with van der Waals surface area (Å²) < 4.78 is 20.8. The topological polar surface area (TPSA) is 44.8 Å². The molecule has 5 heteroatoms. The van der Waals surface area contributed by atoms with Gasteiger partial charge in [-0.05, 0) is 70.7 Å². The third-order valence-corrected chi connectivity index (χ3v) is 15.4. The van der Waals surface area contributed by atoms with Gasteiger partial charge < -0.3 is 13.9 Å². The molecule has 3 aliphatic rings. The fourth-order valence-electron chi connectivity index (χ4n) is 10.2. The molecule has 0 heterocycles. The van der Waals surface area contributed by atoms with Crippen LogP contribution >= 0.6 is 0 Å². The van der Waals surface area contributed by atoms with Crippen molar-refractivity contribution in [3.05, 3.63) is 96.6 Å². The van der Waals surface area contributed by atoms with Crippen LogP contribution in [-0.2, 0) is 25.3 Å². The minimum atomic E-state index is -2.09. The van der Waals surface area contributed by atoms with Crippen molar-refractivity contribution >= 4 is 25.2 Å². The number of hydrogen-bond donors (Lipinski definition) is 0. The standard InChI is InChI=1S/C41H54O4Si/c1-6-32-23-25-41-26-24-35(42)37(41)40(32,5)36(45-46(33-19-13-9-14-20-33)34-21-15-10-16-22-34)27-39(4,7-2)38(30(41)3)44-29-43-28-31-17-11-8-12-18-31/h8-22,30,32,36-38,46H,6-7,23-29H2,1-5H3/t30-,32+,36+,37?,38?,39+,40-,41-/m0/s1. The number of ketones is 1. The molecule has 2 bridgehead atoms. The molecule has 246 valence electrons. The summed E-state index contributed by atoms with van der Waals surface area (Å²) in [5.41, 5.74) is 0.674. The van der Waals surface area contributed by atoms with E-state index in [2.05, 4.69) is 107 Å². The lowest BCUT2D eigenvalue weighted by molar-refractivity contribution is -0.225. The van der Waals surface area contributed by atoms with E-state index in [0.717, 1.165) is 44.1 Å². The number of hydrogen-bond acceptors (Lipinski definition) is 4. The van der Waals surface area contributed by atoms with Crippen LogP contribution in [0.15, 0.2) is 91.0 Å². The van der Waals surface area contributed by atoms with E-state index in [9.17, 15) is 4.79 Å². The molecule has 2 unspecified atom stereocenters. The lowest BCUT2D eigenvalue weighted by Gasteiger charge is -2.63. The van der Waals surface area contributed by atoms with Crippen molar-refractivity contribution in [2.45, 2.75) is 98.4 Å². The molecule has 3 saturated carbocycles. The van der Waals surface area contributed by atoms with Crippen LogP contribution in [0, 0.1) is 34.0 Å². The minimum absolute atomic E-state index is 0.0161. The van der Waals surface area contributed by atoms with Gasteiger partial charge in [-0.1, -0.05) is 132 Å². The zero-order chi connectivity index (χ0) is 32.4. The third-order valence-electron chi connectivity index (χ3n) is 12.8. The number of rotatable bonds is 11. The van der Waals surface area contributed by atoms with Crippen molar-refractivity contribution in [2.24, 2.45) is 34.0 Å². The SMILES string of the molecule is CC[C@@H]1CC[C@@]23CCC(=O)C2[C@]1(C)[C@H](O[SiH](c1ccccc1)c1ccccc1)C[C@@](C)(CC)C(OCOCc1ccccc1)[C@@H]3C. The van der Waals surface area contributed by atoms with Crippen LogP contribution in [0.2, 0.25) is 0 Å². The molecule has 0 radical (unpaired) electrons. The van der Waals surface area contributed by atoms with Gasteiger partial charge in [0.15, 0.2) is 0 Å². The predicted octanol–water partition coefficient (Wildman–Crippen LogP) is 7.72. The molecule has 8 atom stereocenters. The molecule has 3 aromatic rings. The number of Topliss-reactive ketones (excluding diaryl/α,β-unsaturated/α-hetero) is 1. The Morgan fingerprint density at radius 3 is 2.04 bits per heavy atom. The average Bonchev–Trinajstić information content (AvgIpc) is 3.45. The summed E-state index contributed by atoms with van der Waals surface area (Å²) in [6.07, 6.45) is 6.68. The quantitative estimate of drug-likeness (QED) is 0.123. The van der Waals surface area contributed by atoms with Crippen molar-refractivity contribution in [3.63, 3.8) is 0 Å². The summed E-state index contributed by atoms with van der Waals surface area (Å²) in [7, 11) is -2.09. The molecule has 3 aliphatic carbocycles. The lowest BCUT2D eigenvalue weighted by Crippen LogP contribution is -2.65. The van der Waals surface area contributed by atoms with E-state index >= 15 is 0 Å². The van der Waals surface area contributed by atoms with E-state index < -0.39 is 9.04 Å². The molecule has 6 rings (SSSR count). The molecule has 0 saturated heterocycles. The highest BCUT2D eigenvalue weighted by atomic mass is 28.3. The summed E-state index contributed by atoms with van der Waals surface area (Å²) in [6, 6.07) is 32.0. The van der Waals surface area contributed by atoms with Crippen molar-refractivity contribution in [1.82, 2.24) is 0 Å². The van der Waals surface area contributed by atoms with E-state index in [1.54, 1.807) is 0 Å². The number of carbonyl (C=O) groups is 1. The summed E-state index contributed by atoms with van der Waals surface area (Å²) in [4.78, 5) is 14.3. The zero-order valence-electron chi connectivity index (χ0n) is 28.6. The Balaban J connectivity index is 1.42. The third kappa shape index (κ3) is 5.98. The van der Waals surface area contributed by atoms with Gasteiger partial charge in [0.25, 0.3) is 0 Å². The molecule has 46 heavy (non-hydrogen) atoms. The van der Waals surface area contributed by atoms with E-state index in [-0.39, 0.29) is 47.1 Å². The van der Waals surface area contributed by atoms with Crippen molar-refractivity contribution < 1.29 is 18.7 Å². The van der Waals surface area contributed by atoms with Gasteiger partial charge >= 0.3 is 0 Å². The first-order valence-corrected chi connectivity index (χ1v) is 19.4. The highest BCUT2D eigenvalue weighted by Crippen LogP contribution is 2.69. The van der Waals surface area contributed by atoms with Crippen LogP contribution in [0.1, 0.15) is 85.1 Å². The summed E-state index contributed by atoms with van der Waals surface area (Å²) >= 11 is 0. The molecule has 0 amide bonds. The first kappa shape index (κ1) is 33.3. The Kier molecular flexibility index (Phi) is 10.1. The number of benzene rings is 3. The Hall–Kier alpha value is -2.57. The van der Waals surface area contributed by atoms with Gasteiger partial charge in [-0.25, -0.2) is 0 Å². The van der Waals surface area contributed by atoms with Gasteiger partial charge in [-0.2, -0.15) is 0 Å². The predicted molar refractivity (Wildman–Crippen MR) is 189 cm³/mol. The summed E-state index contributed by atoms with van der Waals surface area (Å²) in [6.45, 7) is 12.7. The van der Waals surface area contributed by atoms with E-state index in [1.165, 1.54) is 10.4 Å². The van der Waals surface area contributed by atoms with Crippen molar-refractivity contribution in [1.29, 1.82) is 0 Å². The van der Waals surface area contributed by atoms with Gasteiger partial charge in [-0.3, -0.25) is 4.79 Å². The monoisotopic (exact) mass is 638 g/mol. The van der Waals surface area contributed by atoms with Gasteiger partial charge in [0.05, 0.1) is 18.8 Å². The maximum atomic E-state index is 14.3. The molecule has 0 spiro atoms. The Labute approximate surface area is 279 Å². The molecule has 0 aromatic heterocycles. The molecular formula is C41H54O4Si. The zero-order valence-corrected chi connectivity index (χ0v) is 29.8. The van der Waals surface area contributed by atoms with Gasteiger partial charge in [0, 0.05) is 17.8 Å². The fraction of sp³-hybridized carbons (Fsp3) is 0.537. The smallest absolute Gasteiger partial charge is 0.240 e. The van der Waals surface area contributed by atoms with Crippen molar-refractivity contribution in [3.8, 4) is 0 Å². The summed E-state index contributed by atoms with van der Waals surface area (Å²) in [5, 5.41) is 2.59. The maximum absolute atomic E-state index is 14.3. The van der Waals surface area contributed by atoms with Gasteiger partial charge in [0.1, 0.15) is 12.6 Å². The van der Waals surface area contributed by atoms with Crippen LogP contribution in [0.25, 0.3) is 0 Å². The van der Waals surface area contributed by atoms with Gasteiger partial charge in [-0.15, -0.1) is 0 Å². The van der Waals surface area contributed by atoms with Crippen LogP contribution in [0.5, 0.6) is 0 Å². The fourth-order valence-corrected chi connectivity index (χ4v) is 12.7. The lowest BCUT2D eigenvalue weighted by atomic mass is 9.43. The molecular weight excluding hydrogens is 585 g/mol. The Bertz CT molecular complexity index is 1390. The normalized spacial score (nSPS) is 34.2. The molecule has 3 aromatic carbocycles. The molecule has 0 aliphatic heterocycles. The first-order chi connectivity index (χ1) is 22.3. The highest BCUT2D eigenvalue weighted by Gasteiger charge is 2.68. The second kappa shape index (κ2) is 13.9. The molecule has 4 nitrogen and oxygen atoms in total. The minimum Gasteiger partial charge on any atom is -0.407 e. The van der Waals surface area contributed by atoms with E-state index in [0.29, 0.717) is 24.7 Å². The van der Waals surface area contributed by atoms with Crippen LogP contribution < -0.4 is 10.4 Å². The molecule has 0 N–H and O–H groups in total. The first-order valence-electron chi connectivity index (χ1n) is 17.8. The summed E-state index contributed by atoms with van der Waals surface area (Å²) in [5.74, 6) is 1.12. The second-order valence-corrected chi connectivity index (χ2v) is 17.4. The number of ether oxygens (including phenoxy) is 2. The molecule has 3 fully saturated rings. The highest BCUT2D eigenvalue weighted by molar-refractivity contribution is 6.80. The van der Waals surface area contributed by atoms with Gasteiger partial charge in [0.2, 0.25) is 9.04 Å². The van der Waals surface area contributed by atoms with Crippen LogP contribution in [0.3, 0.4) is 0 Å². The van der Waals surface area contributed by atoms with Crippen LogP contribution in [0.4, 0.5) is 0 Å². The Morgan fingerprint density at radius 2 is 1.46 bits per heavy atom. The average molecular weight is 639 g/mol. The largest absolute Gasteiger partial charge is 0.407 e. The van der Waals surface area contributed by atoms with E-state index in [1.807, 2.05) is 18.2 Å². The number of carbonyl (C=O) groups excluding carboxylic acids is 1. The van der Waals surface area contributed by atoms with E-state index in [4.69, 9.17) is 13.9 Å². The van der Waals surface area contributed by atoms with Crippen LogP contribution in [-0.4, -0.2) is 33.8 Å². The second-order valence-electron chi connectivity index (χ2n) is 15.0. The Morgan fingerprint density at radius 1 is 0.848 bits per heavy atom.